The van der Waals surface area contributed by atoms with Gasteiger partial charge in [0.05, 0.1) is 25.6 Å². The molecule has 0 spiro atoms. The van der Waals surface area contributed by atoms with Crippen LogP contribution in [0, 0.1) is 5.92 Å². The Morgan fingerprint density at radius 2 is 1.59 bits per heavy atom. The molecule has 0 aromatic heterocycles. The highest BCUT2D eigenvalue weighted by Gasteiger charge is 2.37. The predicted molar refractivity (Wildman–Crippen MR) is 104 cm³/mol. The number of nitrogens with one attached hydrogen (secondary N) is 1. The molecule has 2 atom stereocenters. The maximum atomic E-state index is 12.5. The molecule has 0 radical (unpaired) electrons. The molecule has 0 aliphatic carbocycles. The van der Waals surface area contributed by atoms with Crippen molar-refractivity contribution in [1.82, 2.24) is 5.32 Å². The van der Waals surface area contributed by atoms with Crippen LogP contribution in [0.2, 0.25) is 0 Å². The third kappa shape index (κ3) is 7.30. The number of carbonyl (C=O) groups excluding carboxylic acids is 4. The summed E-state index contributed by atoms with van der Waals surface area (Å²) in [5, 5.41) is 2.41. The van der Waals surface area contributed by atoms with Gasteiger partial charge in [0.2, 0.25) is 5.91 Å². The van der Waals surface area contributed by atoms with Gasteiger partial charge in [0.1, 0.15) is 6.04 Å². The molecule has 0 fully saturated rings. The number of hydrogen-bond acceptors (Lipinski definition) is 6. The molecule has 0 saturated carbocycles. The largest absolute Gasteiger partial charge is 0.466 e. The molecule has 0 saturated heterocycles. The molecule has 0 aliphatic heterocycles. The Hall–Kier alpha value is -1.94. The third-order valence-electron chi connectivity index (χ3n) is 3.40. The minimum Gasteiger partial charge on any atom is -0.466 e. The average molecular weight is 508 g/mol. The van der Waals surface area contributed by atoms with Crippen LogP contribution in [0.25, 0.3) is 0 Å². The van der Waals surface area contributed by atoms with Crippen LogP contribution in [0.1, 0.15) is 30.6 Å². The van der Waals surface area contributed by atoms with E-state index in [0.29, 0.717) is 8.95 Å². The van der Waals surface area contributed by atoms with Crippen molar-refractivity contribution < 1.29 is 28.7 Å². The lowest BCUT2D eigenvalue weighted by atomic mass is 9.95. The molecule has 0 aliphatic rings. The monoisotopic (exact) mass is 506 g/mol. The molecule has 1 aromatic rings. The van der Waals surface area contributed by atoms with Crippen molar-refractivity contribution in [2.45, 2.75) is 26.3 Å². The molecule has 27 heavy (non-hydrogen) atoms. The van der Waals surface area contributed by atoms with Crippen LogP contribution in [0.4, 0.5) is 0 Å². The zero-order valence-electron chi connectivity index (χ0n) is 14.8. The van der Waals surface area contributed by atoms with Crippen molar-refractivity contribution in [3.63, 3.8) is 0 Å². The highest BCUT2D eigenvalue weighted by atomic mass is 79.9. The van der Waals surface area contributed by atoms with E-state index in [1.807, 2.05) is 0 Å². The Kier molecular flexibility index (Phi) is 9.44. The molecule has 3 N–H and O–H groups in total. The minimum absolute atomic E-state index is 0.0379. The zero-order chi connectivity index (χ0) is 20.6. The van der Waals surface area contributed by atoms with Crippen LogP contribution in [-0.2, 0) is 23.9 Å². The van der Waals surface area contributed by atoms with Gasteiger partial charge in [0, 0.05) is 14.5 Å². The highest BCUT2D eigenvalue weighted by Crippen LogP contribution is 2.21. The number of carbonyl (C=O) groups is 4. The Balaban J connectivity index is 3.11. The Bertz CT molecular complexity index is 705. The zero-order valence-corrected chi connectivity index (χ0v) is 18.0. The number of esters is 2. The van der Waals surface area contributed by atoms with Crippen molar-refractivity contribution in [1.29, 1.82) is 0 Å². The maximum absolute atomic E-state index is 12.5. The summed E-state index contributed by atoms with van der Waals surface area (Å²) in [4.78, 5) is 48.5. The molecule has 1 aromatic carbocycles. The summed E-state index contributed by atoms with van der Waals surface area (Å²) in [6.45, 7) is 3.33. The van der Waals surface area contributed by atoms with E-state index < -0.39 is 42.1 Å². The first kappa shape index (κ1) is 23.1. The van der Waals surface area contributed by atoms with Gasteiger partial charge in [-0.2, -0.15) is 0 Å². The molecule has 0 unspecified atom stereocenters. The van der Waals surface area contributed by atoms with Crippen LogP contribution < -0.4 is 11.1 Å². The molecule has 10 heteroatoms. The Morgan fingerprint density at radius 3 is 2.07 bits per heavy atom. The van der Waals surface area contributed by atoms with Crippen molar-refractivity contribution in [2.75, 3.05) is 13.2 Å². The number of ether oxygens (including phenoxy) is 2. The normalized spacial score (nSPS) is 12.6. The fourth-order valence-electron chi connectivity index (χ4n) is 2.27. The first-order valence-corrected chi connectivity index (χ1v) is 9.66. The lowest BCUT2D eigenvalue weighted by Crippen LogP contribution is -2.52. The van der Waals surface area contributed by atoms with Gasteiger partial charge < -0.3 is 20.5 Å². The molecule has 1 rings (SSSR count). The van der Waals surface area contributed by atoms with E-state index in [9.17, 15) is 19.2 Å². The topological polar surface area (TPSA) is 125 Å². The lowest BCUT2D eigenvalue weighted by molar-refractivity contribution is -0.156. The van der Waals surface area contributed by atoms with Crippen LogP contribution in [-0.4, -0.2) is 43.0 Å². The summed E-state index contributed by atoms with van der Waals surface area (Å²) in [7, 11) is 0. The predicted octanol–water partition coefficient (Wildman–Crippen LogP) is 1.93. The summed E-state index contributed by atoms with van der Waals surface area (Å²) >= 11 is 6.52. The van der Waals surface area contributed by atoms with Gasteiger partial charge in [0.25, 0.3) is 5.91 Å². The second kappa shape index (κ2) is 11.0. The van der Waals surface area contributed by atoms with Crippen LogP contribution in [0.15, 0.2) is 27.1 Å². The van der Waals surface area contributed by atoms with Crippen molar-refractivity contribution in [3.05, 3.63) is 32.7 Å². The van der Waals surface area contributed by atoms with Gasteiger partial charge in [0.15, 0.2) is 0 Å². The van der Waals surface area contributed by atoms with E-state index in [2.05, 4.69) is 37.2 Å². The van der Waals surface area contributed by atoms with E-state index in [1.54, 1.807) is 19.9 Å². The standard InChI is InChI=1S/C17H20Br2N2O6/c1-3-26-13(22)8-12(17(25)27-4-2)14(15(20)23)21-16(24)9-5-10(18)7-11(19)6-9/h5-7,12,14H,3-4,8H2,1-2H3,(H2,20,23)(H,21,24)/t12-,14+/m1/s1. The molecule has 0 bridgehead atoms. The molecule has 0 heterocycles. The lowest BCUT2D eigenvalue weighted by Gasteiger charge is -2.23. The Labute approximate surface area is 173 Å². The number of rotatable bonds is 9. The number of halogens is 2. The van der Waals surface area contributed by atoms with Crippen LogP contribution in [0.5, 0.6) is 0 Å². The molecular formula is C17H20Br2N2O6. The molecule has 148 valence electrons. The Morgan fingerprint density at radius 1 is 1.04 bits per heavy atom. The van der Waals surface area contributed by atoms with E-state index in [0.717, 1.165) is 0 Å². The van der Waals surface area contributed by atoms with Crippen molar-refractivity contribution >= 4 is 55.6 Å². The smallest absolute Gasteiger partial charge is 0.312 e. The first-order valence-electron chi connectivity index (χ1n) is 8.08. The summed E-state index contributed by atoms with van der Waals surface area (Å²) in [5.74, 6) is -4.45. The summed E-state index contributed by atoms with van der Waals surface area (Å²) in [6, 6.07) is 3.34. The third-order valence-corrected chi connectivity index (χ3v) is 4.32. The van der Waals surface area contributed by atoms with Crippen LogP contribution >= 0.6 is 31.9 Å². The van der Waals surface area contributed by atoms with Gasteiger partial charge in [-0.3, -0.25) is 19.2 Å². The summed E-state index contributed by atoms with van der Waals surface area (Å²) < 4.78 is 11.0. The number of primary amides is 1. The molecular weight excluding hydrogens is 488 g/mol. The average Bonchev–Trinajstić information content (AvgIpc) is 2.57. The number of nitrogens with two attached hydrogens (primary N) is 1. The van der Waals surface area contributed by atoms with Gasteiger partial charge in [-0.25, -0.2) is 0 Å². The second-order valence-corrected chi connectivity index (χ2v) is 7.21. The van der Waals surface area contributed by atoms with Gasteiger partial charge in [-0.05, 0) is 32.0 Å². The van der Waals surface area contributed by atoms with Crippen molar-refractivity contribution in [3.8, 4) is 0 Å². The van der Waals surface area contributed by atoms with Gasteiger partial charge in [-0.15, -0.1) is 0 Å². The number of hydrogen-bond donors (Lipinski definition) is 2. The SMILES string of the molecule is CCOC(=O)C[C@@H](C(=O)OCC)[C@H](NC(=O)c1cc(Br)cc(Br)c1)C(N)=O. The van der Waals surface area contributed by atoms with Crippen LogP contribution in [0.3, 0.4) is 0 Å². The van der Waals surface area contributed by atoms with Crippen molar-refractivity contribution in [2.24, 2.45) is 11.7 Å². The fraction of sp³-hybridized carbons (Fsp3) is 0.412. The van der Waals surface area contributed by atoms with E-state index in [4.69, 9.17) is 15.2 Å². The summed E-state index contributed by atoms with van der Waals surface area (Å²) in [6.07, 6.45) is -0.456. The van der Waals surface area contributed by atoms with Gasteiger partial charge in [-0.1, -0.05) is 31.9 Å². The minimum atomic E-state index is -1.45. The molecule has 8 nitrogen and oxygen atoms in total. The van der Waals surface area contributed by atoms with E-state index in [-0.39, 0.29) is 18.8 Å². The van der Waals surface area contributed by atoms with E-state index >= 15 is 0 Å². The number of amides is 2. The second-order valence-electron chi connectivity index (χ2n) is 5.38. The summed E-state index contributed by atoms with van der Waals surface area (Å²) in [5.41, 5.74) is 5.60. The highest BCUT2D eigenvalue weighted by molar-refractivity contribution is 9.11. The van der Waals surface area contributed by atoms with E-state index in [1.165, 1.54) is 12.1 Å². The van der Waals surface area contributed by atoms with Gasteiger partial charge >= 0.3 is 11.9 Å². The first-order chi connectivity index (χ1) is 12.7. The molecule has 2 amide bonds. The number of benzene rings is 1. The maximum Gasteiger partial charge on any atom is 0.312 e. The quantitative estimate of drug-likeness (QED) is 0.492. The fourth-order valence-corrected chi connectivity index (χ4v) is 3.56.